The van der Waals surface area contributed by atoms with E-state index in [0.29, 0.717) is 12.3 Å². The number of nitrogen functional groups attached to an aromatic ring is 1. The van der Waals surface area contributed by atoms with Gasteiger partial charge in [-0.05, 0) is 25.0 Å². The highest BCUT2D eigenvalue weighted by Crippen LogP contribution is 2.18. The highest BCUT2D eigenvalue weighted by molar-refractivity contribution is 7.99. The zero-order valence-electron chi connectivity index (χ0n) is 17.1. The summed E-state index contributed by atoms with van der Waals surface area (Å²) in [6, 6.07) is 1.20. The number of nitrogens with zero attached hydrogens (tertiary/aromatic N) is 1. The molecule has 30 heavy (non-hydrogen) atoms. The molecule has 5 N–H and O–H groups in total. The third-order valence-corrected chi connectivity index (χ3v) is 4.99. The molecule has 0 saturated carbocycles. The van der Waals surface area contributed by atoms with Crippen LogP contribution in [0.4, 0.5) is 14.5 Å². The molecule has 0 aliphatic carbocycles. The summed E-state index contributed by atoms with van der Waals surface area (Å²) >= 11 is 1.31. The van der Waals surface area contributed by atoms with E-state index in [-0.39, 0.29) is 54.8 Å². The van der Waals surface area contributed by atoms with E-state index >= 15 is 0 Å². The normalized spacial score (nSPS) is 11.6. The number of nitrogens with two attached hydrogens (primary N) is 2. The van der Waals surface area contributed by atoms with Crippen LogP contribution in [0.25, 0.3) is 0 Å². The number of ether oxygens (including phenoxy) is 1. The van der Waals surface area contributed by atoms with Crippen LogP contribution in [0.15, 0.2) is 12.1 Å². The summed E-state index contributed by atoms with van der Waals surface area (Å²) in [5.74, 6) is -1.80. The van der Waals surface area contributed by atoms with Gasteiger partial charge in [0, 0.05) is 37.9 Å². The Labute approximate surface area is 178 Å². The summed E-state index contributed by atoms with van der Waals surface area (Å²) in [4.78, 5) is 36.5. The lowest BCUT2D eigenvalue weighted by Crippen LogP contribution is -2.36. The minimum absolute atomic E-state index is 0.00198. The number of esters is 1. The van der Waals surface area contributed by atoms with E-state index < -0.39 is 23.6 Å². The van der Waals surface area contributed by atoms with Crippen LogP contribution in [0.5, 0.6) is 0 Å². The number of carbonyl (C=O) groups is 3. The van der Waals surface area contributed by atoms with Crippen molar-refractivity contribution in [2.24, 2.45) is 5.73 Å². The Morgan fingerprint density at radius 3 is 2.63 bits per heavy atom. The molecule has 0 spiro atoms. The van der Waals surface area contributed by atoms with Crippen LogP contribution in [-0.4, -0.2) is 67.0 Å². The zero-order chi connectivity index (χ0) is 22.7. The molecule has 2 amide bonds. The fourth-order valence-corrected chi connectivity index (χ4v) is 3.25. The molecule has 0 saturated heterocycles. The Morgan fingerprint density at radius 2 is 1.97 bits per heavy atom. The first-order valence-electron chi connectivity index (χ1n) is 9.37. The average Bonchev–Trinajstić information content (AvgIpc) is 2.67. The molecule has 0 aromatic heterocycles. The Balaban J connectivity index is 2.30. The molecule has 1 unspecified atom stereocenters. The molecule has 0 fully saturated rings. The maximum atomic E-state index is 13.8. The smallest absolute Gasteiger partial charge is 0.325 e. The van der Waals surface area contributed by atoms with Crippen LogP contribution < -0.4 is 16.8 Å². The topological polar surface area (TPSA) is 128 Å². The van der Waals surface area contributed by atoms with Crippen LogP contribution in [0.3, 0.4) is 0 Å². The van der Waals surface area contributed by atoms with Gasteiger partial charge in [-0.1, -0.05) is 0 Å². The van der Waals surface area contributed by atoms with Crippen molar-refractivity contribution >= 4 is 35.2 Å². The van der Waals surface area contributed by atoms with Crippen molar-refractivity contribution in [1.82, 2.24) is 10.2 Å². The van der Waals surface area contributed by atoms with E-state index in [9.17, 15) is 23.2 Å². The predicted octanol–water partition coefficient (Wildman–Crippen LogP) is 0.678. The number of nitrogens with one attached hydrogen (secondary N) is 1. The summed E-state index contributed by atoms with van der Waals surface area (Å²) in [6.07, 6.45) is -0.0371. The van der Waals surface area contributed by atoms with E-state index in [4.69, 9.17) is 16.2 Å². The number of hydrogen-bond donors (Lipinski definition) is 3. The van der Waals surface area contributed by atoms with E-state index in [1.807, 2.05) is 0 Å². The first-order chi connectivity index (χ1) is 14.1. The van der Waals surface area contributed by atoms with Gasteiger partial charge in [-0.3, -0.25) is 14.4 Å². The molecule has 8 nitrogen and oxygen atoms in total. The van der Waals surface area contributed by atoms with Gasteiger partial charge in [-0.15, -0.1) is 0 Å². The SMILES string of the molecule is CCOC(=O)CNC(=O)CSCCN(C)C(=O)CC(N)Cc1cc(F)c(N)cc1F. The van der Waals surface area contributed by atoms with Crippen molar-refractivity contribution in [1.29, 1.82) is 0 Å². The molecule has 0 aliphatic rings. The monoisotopic (exact) mass is 446 g/mol. The Bertz CT molecular complexity index is 751. The third kappa shape index (κ3) is 9.40. The molecule has 1 rings (SSSR count). The first kappa shape index (κ1) is 25.6. The Morgan fingerprint density at radius 1 is 1.27 bits per heavy atom. The zero-order valence-corrected chi connectivity index (χ0v) is 17.9. The summed E-state index contributed by atoms with van der Waals surface area (Å²) < 4.78 is 32.0. The van der Waals surface area contributed by atoms with Crippen molar-refractivity contribution in [2.75, 3.05) is 44.0 Å². The second-order valence-electron chi connectivity index (χ2n) is 6.58. The fraction of sp³-hybridized carbons (Fsp3) is 0.526. The van der Waals surface area contributed by atoms with Gasteiger partial charge in [0.15, 0.2) is 0 Å². The van der Waals surface area contributed by atoms with Crippen LogP contribution in [0.2, 0.25) is 0 Å². The van der Waals surface area contributed by atoms with E-state index in [0.717, 1.165) is 12.1 Å². The lowest BCUT2D eigenvalue weighted by atomic mass is 10.0. The number of halogens is 2. The molecule has 11 heteroatoms. The molecule has 0 bridgehead atoms. The van der Waals surface area contributed by atoms with Crippen LogP contribution in [-0.2, 0) is 25.5 Å². The second kappa shape index (κ2) is 13.0. The van der Waals surface area contributed by atoms with Crippen molar-refractivity contribution in [3.05, 3.63) is 29.3 Å². The standard InChI is InChI=1S/C19H28F2N4O4S/c1-3-29-19(28)10-24-17(26)11-30-5-4-25(2)18(27)8-13(22)6-12-7-15(21)16(23)9-14(12)20/h7,9,13H,3-6,8,10-11,22-23H2,1-2H3,(H,24,26). The van der Waals surface area contributed by atoms with Gasteiger partial charge in [-0.2, -0.15) is 11.8 Å². The van der Waals surface area contributed by atoms with Crippen LogP contribution >= 0.6 is 11.8 Å². The number of benzene rings is 1. The van der Waals surface area contributed by atoms with E-state index in [1.54, 1.807) is 14.0 Å². The number of rotatable bonds is 12. The minimum atomic E-state index is -0.731. The molecule has 0 aliphatic heterocycles. The van der Waals surface area contributed by atoms with Crippen molar-refractivity contribution in [3.63, 3.8) is 0 Å². The van der Waals surface area contributed by atoms with Gasteiger partial charge in [0.2, 0.25) is 11.8 Å². The van der Waals surface area contributed by atoms with Crippen molar-refractivity contribution in [3.8, 4) is 0 Å². The number of hydrogen-bond acceptors (Lipinski definition) is 7. The largest absolute Gasteiger partial charge is 0.465 e. The molecule has 1 atom stereocenters. The minimum Gasteiger partial charge on any atom is -0.465 e. The first-order valence-corrected chi connectivity index (χ1v) is 10.5. The lowest BCUT2D eigenvalue weighted by molar-refractivity contribution is -0.143. The molecule has 1 aromatic carbocycles. The van der Waals surface area contributed by atoms with Crippen molar-refractivity contribution in [2.45, 2.75) is 25.8 Å². The van der Waals surface area contributed by atoms with Crippen LogP contribution in [0, 0.1) is 11.6 Å². The van der Waals surface area contributed by atoms with E-state index in [2.05, 4.69) is 5.32 Å². The maximum absolute atomic E-state index is 13.8. The third-order valence-electron chi connectivity index (χ3n) is 4.05. The number of amides is 2. The molecule has 0 heterocycles. The van der Waals surface area contributed by atoms with Gasteiger partial charge in [0.05, 0.1) is 18.0 Å². The van der Waals surface area contributed by atoms with Gasteiger partial charge in [0.1, 0.15) is 18.2 Å². The summed E-state index contributed by atoms with van der Waals surface area (Å²) in [5, 5.41) is 2.44. The van der Waals surface area contributed by atoms with Gasteiger partial charge in [0.25, 0.3) is 0 Å². The van der Waals surface area contributed by atoms with Gasteiger partial charge < -0.3 is 26.4 Å². The maximum Gasteiger partial charge on any atom is 0.325 e. The van der Waals surface area contributed by atoms with Crippen molar-refractivity contribution < 1.29 is 27.9 Å². The van der Waals surface area contributed by atoms with Gasteiger partial charge >= 0.3 is 5.97 Å². The summed E-state index contributed by atoms with van der Waals surface area (Å²) in [5.41, 5.74) is 11.0. The quantitative estimate of drug-likeness (QED) is 0.245. The Kier molecular flexibility index (Phi) is 11.1. The molecule has 1 aromatic rings. The fourth-order valence-electron chi connectivity index (χ4n) is 2.42. The lowest BCUT2D eigenvalue weighted by Gasteiger charge is -2.20. The predicted molar refractivity (Wildman–Crippen MR) is 112 cm³/mol. The molecular formula is C19H28F2N4O4S. The molecule has 0 radical (unpaired) electrons. The van der Waals surface area contributed by atoms with Gasteiger partial charge in [-0.25, -0.2) is 8.78 Å². The molecule has 168 valence electrons. The highest BCUT2D eigenvalue weighted by Gasteiger charge is 2.17. The van der Waals surface area contributed by atoms with E-state index in [1.165, 1.54) is 16.7 Å². The second-order valence-corrected chi connectivity index (χ2v) is 7.69. The Hall–Kier alpha value is -2.40. The van der Waals surface area contributed by atoms with Crippen LogP contribution in [0.1, 0.15) is 18.9 Å². The number of anilines is 1. The number of carbonyl (C=O) groups excluding carboxylic acids is 3. The number of thioether (sulfide) groups is 1. The summed E-state index contributed by atoms with van der Waals surface area (Å²) in [6.45, 7) is 2.13. The average molecular weight is 447 g/mol. The molecular weight excluding hydrogens is 418 g/mol. The highest BCUT2D eigenvalue weighted by atomic mass is 32.2. The summed E-state index contributed by atoms with van der Waals surface area (Å²) in [7, 11) is 1.60.